The third kappa shape index (κ3) is 6.38. The Morgan fingerprint density at radius 2 is 1.42 bits per heavy atom. The monoisotopic (exact) mass is 193 g/mol. The van der Waals surface area contributed by atoms with E-state index in [4.69, 9.17) is 5.11 Å². The number of carboxylic acids is 2. The van der Waals surface area contributed by atoms with Crippen molar-refractivity contribution in [2.75, 3.05) is 0 Å². The van der Waals surface area contributed by atoms with Crippen LogP contribution in [0, 0.1) is 0 Å². The Kier molecular flexibility index (Phi) is 13.1. The molecule has 0 amide bonds. The van der Waals surface area contributed by atoms with Gasteiger partial charge < -0.3 is 30.0 Å². The van der Waals surface area contributed by atoms with Crippen LogP contribution in [0.3, 0.4) is 0 Å². The van der Waals surface area contributed by atoms with Crippen LogP contribution in [0.5, 0.6) is 0 Å². The maximum Gasteiger partial charge on any atom is 1.00 e. The van der Waals surface area contributed by atoms with Crippen LogP contribution in [0.15, 0.2) is 0 Å². The van der Waals surface area contributed by atoms with E-state index in [2.05, 4.69) is 0 Å². The first kappa shape index (κ1) is 18.6. The standard InChI is InChI=1S/C4H5O6.2Na/c5-1(3(7)8)2(6)4(9)10;;/h1-2,5H,(H,7,8)(H,9,10);;/q-1;2*+1/p-2. The molecule has 0 aliphatic rings. The van der Waals surface area contributed by atoms with Crippen molar-refractivity contribution in [2.45, 2.75) is 12.2 Å². The van der Waals surface area contributed by atoms with E-state index in [0.29, 0.717) is 0 Å². The van der Waals surface area contributed by atoms with Gasteiger partial charge >= 0.3 is 59.1 Å². The maximum absolute atomic E-state index is 10.0. The van der Waals surface area contributed by atoms with Gasteiger partial charge in [0.2, 0.25) is 0 Å². The molecule has 0 bridgehead atoms. The molecule has 0 rings (SSSR count). The molecule has 0 aromatic heterocycles. The normalized spacial score (nSPS) is 13.2. The summed E-state index contributed by atoms with van der Waals surface area (Å²) in [5, 5.41) is 37.4. The van der Waals surface area contributed by atoms with E-state index < -0.39 is 24.1 Å². The maximum atomic E-state index is 10.0. The van der Waals surface area contributed by atoms with Crippen LogP contribution in [0.2, 0.25) is 0 Å². The molecule has 0 saturated carbocycles. The van der Waals surface area contributed by atoms with Crippen LogP contribution in [0.4, 0.5) is 0 Å². The largest absolute Gasteiger partial charge is 1.00 e. The van der Waals surface area contributed by atoms with Crippen molar-refractivity contribution in [3.05, 3.63) is 0 Å². The van der Waals surface area contributed by atoms with Gasteiger partial charge in [0.25, 0.3) is 0 Å². The first-order valence-electron chi connectivity index (χ1n) is 2.22. The van der Waals surface area contributed by atoms with Crippen molar-refractivity contribution in [2.24, 2.45) is 0 Å². The molecule has 0 aliphatic carbocycles. The van der Waals surface area contributed by atoms with Gasteiger partial charge in [-0.1, -0.05) is 6.10 Å². The van der Waals surface area contributed by atoms with E-state index >= 15 is 0 Å². The van der Waals surface area contributed by atoms with Gasteiger partial charge in [-0.05, 0) is 0 Å². The van der Waals surface area contributed by atoms with Crippen molar-refractivity contribution in [3.8, 4) is 0 Å². The number of aliphatic hydroxyl groups is 1. The number of carbonyl (C=O) groups is 2. The molecule has 6 nitrogen and oxygen atoms in total. The molecule has 12 heavy (non-hydrogen) atoms. The molecular weight excluding hydrogens is 190 g/mol. The molecule has 0 fully saturated rings. The Bertz CT molecular complexity index is 142. The number of aliphatic hydroxyl groups excluding tert-OH is 1. The summed E-state index contributed by atoms with van der Waals surface area (Å²) in [6, 6.07) is 0. The summed E-state index contributed by atoms with van der Waals surface area (Å²) in [4.78, 5) is 19.2. The third-order valence-electron chi connectivity index (χ3n) is 0.761. The number of carboxylic acid groups (broad SMARTS) is 2. The first-order valence-corrected chi connectivity index (χ1v) is 2.22. The second-order valence-electron chi connectivity index (χ2n) is 1.50. The van der Waals surface area contributed by atoms with Gasteiger partial charge in [-0.25, -0.2) is 0 Å². The molecule has 0 radical (unpaired) electrons. The van der Waals surface area contributed by atoms with Crippen molar-refractivity contribution in [1.29, 1.82) is 0 Å². The van der Waals surface area contributed by atoms with Crippen LogP contribution < -0.4 is 74.4 Å². The average molecular weight is 193 g/mol. The molecule has 2 atom stereocenters. The minimum Gasteiger partial charge on any atom is -0.846 e. The summed E-state index contributed by atoms with van der Waals surface area (Å²) in [5.41, 5.74) is 0. The number of aliphatic carboxylic acids is 2. The van der Waals surface area contributed by atoms with Crippen LogP contribution in [0.1, 0.15) is 0 Å². The van der Waals surface area contributed by atoms with E-state index in [1.165, 1.54) is 0 Å². The fraction of sp³-hybridized carbons (Fsp3) is 0.500. The molecule has 0 aliphatic heterocycles. The molecule has 58 valence electrons. The Labute approximate surface area is 112 Å². The Morgan fingerprint density at radius 3 is 1.50 bits per heavy atom. The zero-order chi connectivity index (χ0) is 8.31. The van der Waals surface area contributed by atoms with Crippen molar-refractivity contribution < 1.29 is 89.1 Å². The molecule has 0 aromatic rings. The quantitative estimate of drug-likeness (QED) is 0.444. The van der Waals surface area contributed by atoms with Gasteiger partial charge in [0.05, 0.1) is 12.1 Å². The Hall–Kier alpha value is 0.860. The fourth-order valence-electron chi connectivity index (χ4n) is 0.252. The number of rotatable bonds is 3. The molecule has 0 heterocycles. The van der Waals surface area contributed by atoms with E-state index in [0.717, 1.165) is 0 Å². The third-order valence-corrected chi connectivity index (χ3v) is 0.761. The average Bonchev–Trinajstić information content (AvgIpc) is 1.84. The van der Waals surface area contributed by atoms with Crippen LogP contribution in [-0.4, -0.2) is 29.3 Å². The van der Waals surface area contributed by atoms with Crippen molar-refractivity contribution in [1.82, 2.24) is 0 Å². The summed E-state index contributed by atoms with van der Waals surface area (Å²) in [6.45, 7) is 0. The van der Waals surface area contributed by atoms with E-state index in [1.807, 2.05) is 0 Å². The van der Waals surface area contributed by atoms with E-state index in [9.17, 15) is 24.9 Å². The first-order chi connectivity index (χ1) is 4.46. The molecular formula is C4H3Na2O6-. The summed E-state index contributed by atoms with van der Waals surface area (Å²) >= 11 is 0. The van der Waals surface area contributed by atoms with E-state index in [-0.39, 0.29) is 59.1 Å². The van der Waals surface area contributed by atoms with Gasteiger partial charge in [-0.3, -0.25) is 0 Å². The SMILES string of the molecule is O=C([O-])C([O-])C(O)C(=O)[O-].[Na+].[Na+]. The van der Waals surface area contributed by atoms with Gasteiger partial charge in [0, 0.05) is 5.97 Å². The molecule has 1 N–H and O–H groups in total. The van der Waals surface area contributed by atoms with Crippen LogP contribution >= 0.6 is 0 Å². The topological polar surface area (TPSA) is 124 Å². The van der Waals surface area contributed by atoms with Gasteiger partial charge in [-0.2, -0.15) is 0 Å². The number of hydrogen-bond donors (Lipinski definition) is 1. The summed E-state index contributed by atoms with van der Waals surface area (Å²) < 4.78 is 0. The summed E-state index contributed by atoms with van der Waals surface area (Å²) in [5.74, 6) is -4.29. The second-order valence-corrected chi connectivity index (χ2v) is 1.50. The van der Waals surface area contributed by atoms with Crippen LogP contribution in [0.25, 0.3) is 0 Å². The van der Waals surface area contributed by atoms with E-state index in [1.54, 1.807) is 0 Å². The predicted molar refractivity (Wildman–Crippen MR) is 19.8 cm³/mol. The minimum absolute atomic E-state index is 0. The summed E-state index contributed by atoms with van der Waals surface area (Å²) in [6.07, 6.45) is -5.24. The number of carbonyl (C=O) groups excluding carboxylic acids is 2. The Morgan fingerprint density at radius 1 is 1.08 bits per heavy atom. The van der Waals surface area contributed by atoms with Crippen LogP contribution in [-0.2, 0) is 9.59 Å². The van der Waals surface area contributed by atoms with Gasteiger partial charge in [0.1, 0.15) is 0 Å². The van der Waals surface area contributed by atoms with Gasteiger partial charge in [-0.15, -0.1) is 0 Å². The predicted octanol–water partition coefficient (Wildman–Crippen LogP) is -11.4. The zero-order valence-corrected chi connectivity index (χ0v) is 10.6. The molecule has 8 heteroatoms. The van der Waals surface area contributed by atoms with Gasteiger partial charge in [0.15, 0.2) is 0 Å². The van der Waals surface area contributed by atoms with Crippen molar-refractivity contribution in [3.63, 3.8) is 0 Å². The minimum atomic E-state index is -2.69. The molecule has 0 spiro atoms. The smallest absolute Gasteiger partial charge is 0.846 e. The summed E-state index contributed by atoms with van der Waals surface area (Å²) in [7, 11) is 0. The number of hydrogen-bond acceptors (Lipinski definition) is 6. The van der Waals surface area contributed by atoms with Crippen molar-refractivity contribution >= 4 is 11.9 Å². The fourth-order valence-corrected chi connectivity index (χ4v) is 0.252. The Balaban J connectivity index is -0.000000405. The molecule has 0 saturated heterocycles. The zero-order valence-electron chi connectivity index (χ0n) is 6.64. The second kappa shape index (κ2) is 8.46. The molecule has 0 aromatic carbocycles. The molecule has 2 unspecified atom stereocenters.